The van der Waals surface area contributed by atoms with Crippen molar-refractivity contribution in [1.82, 2.24) is 9.78 Å². The van der Waals surface area contributed by atoms with Gasteiger partial charge in [0.2, 0.25) is 11.8 Å². The molecule has 0 bridgehead atoms. The fraction of sp³-hybridized carbons (Fsp3) is 0.158. The molecule has 2 amide bonds. The van der Waals surface area contributed by atoms with Crippen molar-refractivity contribution >= 4 is 28.3 Å². The minimum atomic E-state index is -0.561. The highest BCUT2D eigenvalue weighted by Crippen LogP contribution is 2.32. The number of aromatic nitrogens is 2. The van der Waals surface area contributed by atoms with Gasteiger partial charge in [-0.3, -0.25) is 14.4 Å². The second kappa shape index (κ2) is 7.78. The first kappa shape index (κ1) is 18.9. The predicted molar refractivity (Wildman–Crippen MR) is 103 cm³/mol. The van der Waals surface area contributed by atoms with Gasteiger partial charge in [-0.05, 0) is 36.4 Å². The molecule has 0 unspecified atom stereocenters. The molecule has 0 aliphatic heterocycles. The van der Waals surface area contributed by atoms with Crippen molar-refractivity contribution in [2.45, 2.75) is 6.54 Å². The molecule has 9 nitrogen and oxygen atoms in total. The average Bonchev–Trinajstić information content (AvgIpc) is 2.69. The lowest BCUT2D eigenvalue weighted by atomic mass is 10.1. The minimum absolute atomic E-state index is 0.274. The quantitative estimate of drug-likeness (QED) is 0.659. The Kier molecular flexibility index (Phi) is 5.25. The number of fused-ring (bicyclic) bond motifs is 1. The van der Waals surface area contributed by atoms with E-state index < -0.39 is 17.4 Å². The number of benzene rings is 2. The smallest absolute Gasteiger partial charge is 0.279 e. The SMILES string of the molecule is COc1ccc2cnn(CC(=O)Nc3ccc(C(N)=O)cc3)c(=O)c2c1OC. The minimum Gasteiger partial charge on any atom is -0.493 e. The van der Waals surface area contributed by atoms with Crippen molar-refractivity contribution in [3.05, 3.63) is 58.5 Å². The lowest BCUT2D eigenvalue weighted by Gasteiger charge is -2.12. The predicted octanol–water partition coefficient (Wildman–Crippen LogP) is 1.15. The van der Waals surface area contributed by atoms with Gasteiger partial charge >= 0.3 is 0 Å². The summed E-state index contributed by atoms with van der Waals surface area (Å²) in [6, 6.07) is 9.45. The van der Waals surface area contributed by atoms with Crippen molar-refractivity contribution in [3.63, 3.8) is 0 Å². The van der Waals surface area contributed by atoms with Crippen LogP contribution in [0.25, 0.3) is 10.8 Å². The molecule has 3 rings (SSSR count). The summed E-state index contributed by atoms with van der Waals surface area (Å²) in [5.74, 6) is -0.329. The number of methoxy groups -OCH3 is 2. The molecule has 0 fully saturated rings. The number of anilines is 1. The van der Waals surface area contributed by atoms with E-state index in [1.165, 1.54) is 32.5 Å². The van der Waals surface area contributed by atoms with E-state index in [9.17, 15) is 14.4 Å². The number of carbonyl (C=O) groups excluding carboxylic acids is 2. The van der Waals surface area contributed by atoms with E-state index in [0.29, 0.717) is 22.4 Å². The molecule has 0 saturated carbocycles. The second-order valence-corrected chi connectivity index (χ2v) is 5.86. The summed E-state index contributed by atoms with van der Waals surface area (Å²) >= 11 is 0. The van der Waals surface area contributed by atoms with Gasteiger partial charge in [0.25, 0.3) is 5.56 Å². The molecule has 0 spiro atoms. The monoisotopic (exact) mass is 382 g/mol. The molecule has 3 aromatic rings. The molecule has 0 radical (unpaired) electrons. The molecule has 0 atom stereocenters. The number of nitrogens with two attached hydrogens (primary N) is 1. The molecular formula is C19H18N4O5. The third kappa shape index (κ3) is 3.63. The summed E-state index contributed by atoms with van der Waals surface area (Å²) in [5, 5.41) is 7.52. The highest BCUT2D eigenvalue weighted by Gasteiger charge is 2.16. The first-order valence-corrected chi connectivity index (χ1v) is 8.25. The Morgan fingerprint density at radius 3 is 2.43 bits per heavy atom. The molecule has 0 aliphatic carbocycles. The molecule has 9 heteroatoms. The number of ether oxygens (including phenoxy) is 2. The first-order valence-electron chi connectivity index (χ1n) is 8.25. The largest absolute Gasteiger partial charge is 0.493 e. The van der Waals surface area contributed by atoms with Gasteiger partial charge in [-0.15, -0.1) is 0 Å². The van der Waals surface area contributed by atoms with Crippen molar-refractivity contribution in [2.24, 2.45) is 5.73 Å². The number of hydrogen-bond donors (Lipinski definition) is 2. The molecule has 3 N–H and O–H groups in total. The van der Waals surface area contributed by atoms with Gasteiger partial charge in [0.05, 0.1) is 25.8 Å². The van der Waals surface area contributed by atoms with Crippen molar-refractivity contribution in [1.29, 1.82) is 0 Å². The van der Waals surface area contributed by atoms with E-state index >= 15 is 0 Å². The van der Waals surface area contributed by atoms with E-state index in [1.807, 2.05) is 0 Å². The van der Waals surface area contributed by atoms with Crippen LogP contribution in [-0.4, -0.2) is 35.8 Å². The third-order valence-electron chi connectivity index (χ3n) is 4.11. The van der Waals surface area contributed by atoms with Gasteiger partial charge in [0, 0.05) is 16.6 Å². The van der Waals surface area contributed by atoms with Crippen LogP contribution in [-0.2, 0) is 11.3 Å². The summed E-state index contributed by atoms with van der Waals surface area (Å²) in [5.41, 5.74) is 5.49. The standard InChI is InChI=1S/C19H18N4O5/c1-27-14-8-5-12-9-21-23(19(26)16(12)17(14)28-2)10-15(24)22-13-6-3-11(4-7-13)18(20)25/h3-9H,10H2,1-2H3,(H2,20,25)(H,22,24). The van der Waals surface area contributed by atoms with Crippen molar-refractivity contribution in [3.8, 4) is 11.5 Å². The summed E-state index contributed by atoms with van der Waals surface area (Å²) in [7, 11) is 2.91. The maximum Gasteiger partial charge on any atom is 0.279 e. The van der Waals surface area contributed by atoms with E-state index in [2.05, 4.69) is 10.4 Å². The van der Waals surface area contributed by atoms with Crippen LogP contribution in [0.3, 0.4) is 0 Å². The van der Waals surface area contributed by atoms with Crippen LogP contribution in [0.1, 0.15) is 10.4 Å². The number of amides is 2. The number of nitrogens with zero attached hydrogens (tertiary/aromatic N) is 2. The van der Waals surface area contributed by atoms with Gasteiger partial charge in [-0.25, -0.2) is 4.68 Å². The molecule has 2 aromatic carbocycles. The van der Waals surface area contributed by atoms with E-state index in [0.717, 1.165) is 4.68 Å². The lowest BCUT2D eigenvalue weighted by molar-refractivity contribution is -0.117. The van der Waals surface area contributed by atoms with E-state index in [1.54, 1.807) is 24.3 Å². The normalized spacial score (nSPS) is 10.5. The van der Waals surface area contributed by atoms with Crippen LogP contribution in [0.5, 0.6) is 11.5 Å². The zero-order valence-corrected chi connectivity index (χ0v) is 15.3. The summed E-state index contributed by atoms with van der Waals surface area (Å²) < 4.78 is 11.6. The molecule has 0 saturated heterocycles. The van der Waals surface area contributed by atoms with Crippen LogP contribution in [0.2, 0.25) is 0 Å². The van der Waals surface area contributed by atoms with E-state index in [4.69, 9.17) is 15.2 Å². The Morgan fingerprint density at radius 2 is 1.82 bits per heavy atom. The number of primary amides is 1. The van der Waals surface area contributed by atoms with Crippen molar-refractivity contribution < 1.29 is 19.1 Å². The Bertz CT molecular complexity index is 1110. The molecule has 1 heterocycles. The molecular weight excluding hydrogens is 364 g/mol. The zero-order valence-electron chi connectivity index (χ0n) is 15.3. The van der Waals surface area contributed by atoms with Crippen LogP contribution in [0.15, 0.2) is 47.4 Å². The highest BCUT2D eigenvalue weighted by atomic mass is 16.5. The molecule has 144 valence electrons. The van der Waals surface area contributed by atoms with Gasteiger partial charge in [-0.1, -0.05) is 0 Å². The summed E-state index contributed by atoms with van der Waals surface area (Å²) in [6.45, 7) is -0.299. The zero-order chi connectivity index (χ0) is 20.3. The maximum absolute atomic E-state index is 12.8. The Labute approximate surface area is 159 Å². The lowest BCUT2D eigenvalue weighted by Crippen LogP contribution is -2.29. The number of nitrogens with one attached hydrogen (secondary N) is 1. The van der Waals surface area contributed by atoms with Crippen LogP contribution < -0.4 is 26.1 Å². The number of rotatable bonds is 6. The molecule has 0 aliphatic rings. The first-order chi connectivity index (χ1) is 13.4. The van der Waals surface area contributed by atoms with Crippen molar-refractivity contribution in [2.75, 3.05) is 19.5 Å². The second-order valence-electron chi connectivity index (χ2n) is 5.86. The Hall–Kier alpha value is -3.88. The van der Waals surface area contributed by atoms with E-state index in [-0.39, 0.29) is 17.7 Å². The third-order valence-corrected chi connectivity index (χ3v) is 4.11. The number of hydrogen-bond acceptors (Lipinski definition) is 6. The maximum atomic E-state index is 12.8. The van der Waals surface area contributed by atoms with Crippen LogP contribution in [0.4, 0.5) is 5.69 Å². The summed E-state index contributed by atoms with van der Waals surface area (Å²) in [6.07, 6.45) is 1.48. The topological polar surface area (TPSA) is 126 Å². The highest BCUT2D eigenvalue weighted by molar-refractivity contribution is 5.95. The van der Waals surface area contributed by atoms with Crippen LogP contribution >= 0.6 is 0 Å². The number of carbonyl (C=O) groups is 2. The molecule has 1 aromatic heterocycles. The van der Waals surface area contributed by atoms with Gasteiger partial charge < -0.3 is 20.5 Å². The van der Waals surface area contributed by atoms with Gasteiger partial charge in [0.1, 0.15) is 6.54 Å². The Balaban J connectivity index is 1.87. The Morgan fingerprint density at radius 1 is 1.11 bits per heavy atom. The summed E-state index contributed by atoms with van der Waals surface area (Å²) in [4.78, 5) is 36.2. The van der Waals surface area contributed by atoms with Gasteiger partial charge in [-0.2, -0.15) is 5.10 Å². The van der Waals surface area contributed by atoms with Crippen LogP contribution in [0, 0.1) is 0 Å². The van der Waals surface area contributed by atoms with Gasteiger partial charge in [0.15, 0.2) is 11.5 Å². The fourth-order valence-corrected chi connectivity index (χ4v) is 2.75. The molecule has 28 heavy (non-hydrogen) atoms. The fourth-order valence-electron chi connectivity index (χ4n) is 2.75. The average molecular weight is 382 g/mol.